The molecule has 0 atom stereocenters. The SMILES string of the molecule is CCCCCCCC/C=C/CCCCCCCC(=O)N1CCN(C(=O)CCCCCCC/C=C/CCCCCCCC)C1. The van der Waals surface area contributed by atoms with Gasteiger partial charge >= 0.3 is 0 Å². The van der Waals surface area contributed by atoms with Crippen LogP contribution in [0.5, 0.6) is 0 Å². The predicted molar refractivity (Wildman–Crippen MR) is 187 cm³/mol. The number of hydrogen-bond acceptors (Lipinski definition) is 2. The molecule has 2 amide bonds. The molecule has 4 nitrogen and oxygen atoms in total. The summed E-state index contributed by atoms with van der Waals surface area (Å²) in [5.74, 6) is 0.461. The molecule has 1 aliphatic heterocycles. The van der Waals surface area contributed by atoms with Gasteiger partial charge in [0.2, 0.25) is 11.8 Å². The minimum atomic E-state index is 0.231. The minimum Gasteiger partial charge on any atom is -0.323 e. The maximum Gasteiger partial charge on any atom is 0.224 e. The van der Waals surface area contributed by atoms with Crippen molar-refractivity contribution in [3.8, 4) is 0 Å². The molecule has 0 saturated carbocycles. The fourth-order valence-electron chi connectivity index (χ4n) is 6.01. The lowest BCUT2D eigenvalue weighted by molar-refractivity contribution is -0.134. The van der Waals surface area contributed by atoms with Crippen LogP contribution in [0.25, 0.3) is 0 Å². The van der Waals surface area contributed by atoms with E-state index in [0.717, 1.165) is 25.7 Å². The van der Waals surface area contributed by atoms with Crippen LogP contribution >= 0.6 is 0 Å². The molecular weight excluding hydrogens is 528 g/mol. The van der Waals surface area contributed by atoms with Gasteiger partial charge in [-0.2, -0.15) is 0 Å². The van der Waals surface area contributed by atoms with Crippen LogP contribution in [0.2, 0.25) is 0 Å². The second kappa shape index (κ2) is 30.4. The number of amides is 2. The molecule has 1 aliphatic rings. The maximum atomic E-state index is 12.6. The van der Waals surface area contributed by atoms with E-state index >= 15 is 0 Å². The summed E-state index contributed by atoms with van der Waals surface area (Å²) in [6, 6.07) is 0. The van der Waals surface area contributed by atoms with Gasteiger partial charge in [0.1, 0.15) is 0 Å². The highest BCUT2D eigenvalue weighted by Gasteiger charge is 2.26. The molecule has 250 valence electrons. The van der Waals surface area contributed by atoms with Gasteiger partial charge in [-0.3, -0.25) is 9.59 Å². The molecule has 1 heterocycles. The first kappa shape index (κ1) is 39.4. The largest absolute Gasteiger partial charge is 0.323 e. The summed E-state index contributed by atoms with van der Waals surface area (Å²) in [4.78, 5) is 29.0. The van der Waals surface area contributed by atoms with Gasteiger partial charge in [0.15, 0.2) is 0 Å². The number of hydrogen-bond donors (Lipinski definition) is 0. The van der Waals surface area contributed by atoms with Gasteiger partial charge in [0.25, 0.3) is 0 Å². The van der Waals surface area contributed by atoms with Crippen molar-refractivity contribution in [1.29, 1.82) is 0 Å². The topological polar surface area (TPSA) is 40.6 Å². The average Bonchev–Trinajstić information content (AvgIpc) is 3.52. The van der Waals surface area contributed by atoms with Crippen molar-refractivity contribution in [2.45, 2.75) is 194 Å². The third-order valence-electron chi connectivity index (χ3n) is 8.99. The van der Waals surface area contributed by atoms with Crippen LogP contribution in [0.1, 0.15) is 194 Å². The van der Waals surface area contributed by atoms with Gasteiger partial charge in [-0.15, -0.1) is 0 Å². The van der Waals surface area contributed by atoms with Crippen molar-refractivity contribution in [3.05, 3.63) is 24.3 Å². The highest BCUT2D eigenvalue weighted by atomic mass is 16.2. The molecule has 0 aromatic carbocycles. The minimum absolute atomic E-state index is 0.231. The second-order valence-electron chi connectivity index (χ2n) is 13.1. The van der Waals surface area contributed by atoms with E-state index in [4.69, 9.17) is 0 Å². The molecule has 0 aromatic heterocycles. The molecule has 0 aliphatic carbocycles. The molecule has 1 fully saturated rings. The lowest BCUT2D eigenvalue weighted by Crippen LogP contribution is -2.33. The Hall–Kier alpha value is -1.58. The molecule has 0 radical (unpaired) electrons. The van der Waals surface area contributed by atoms with Gasteiger partial charge in [-0.05, 0) is 64.2 Å². The Morgan fingerprint density at radius 3 is 1.02 bits per heavy atom. The number of carbonyl (C=O) groups excluding carboxylic acids is 2. The molecule has 43 heavy (non-hydrogen) atoms. The van der Waals surface area contributed by atoms with Gasteiger partial charge in [0, 0.05) is 25.9 Å². The second-order valence-corrected chi connectivity index (χ2v) is 13.1. The van der Waals surface area contributed by atoms with Crippen LogP contribution in [0.4, 0.5) is 0 Å². The monoisotopic (exact) mass is 601 g/mol. The van der Waals surface area contributed by atoms with E-state index in [1.807, 2.05) is 9.80 Å². The van der Waals surface area contributed by atoms with Crippen molar-refractivity contribution in [3.63, 3.8) is 0 Å². The Bertz CT molecular complexity index is 643. The van der Waals surface area contributed by atoms with Crippen molar-refractivity contribution >= 4 is 11.8 Å². The zero-order valence-electron chi connectivity index (χ0n) is 28.9. The van der Waals surface area contributed by atoms with E-state index in [2.05, 4.69) is 38.2 Å². The number of carbonyl (C=O) groups is 2. The molecule has 1 rings (SSSR count). The Labute approximate surface area is 268 Å². The first-order chi connectivity index (χ1) is 21.2. The van der Waals surface area contributed by atoms with E-state index in [0.29, 0.717) is 32.6 Å². The van der Waals surface area contributed by atoms with Crippen LogP contribution < -0.4 is 0 Å². The standard InChI is InChI=1S/C39H72N2O2/c1-3-5-7-9-11-13-15-17-19-21-23-25-27-29-31-33-38(42)40-35-36-41(37-40)39(43)34-32-30-28-26-24-22-20-18-16-14-12-10-8-6-4-2/h17-20H,3-16,21-37H2,1-2H3/b19-17+,20-18+. The molecule has 0 N–H and O–H groups in total. The Balaban J connectivity index is 1.91. The molecular formula is C39H72N2O2. The zero-order chi connectivity index (χ0) is 31.1. The van der Waals surface area contributed by atoms with Gasteiger partial charge in [-0.25, -0.2) is 0 Å². The van der Waals surface area contributed by atoms with Gasteiger partial charge < -0.3 is 9.80 Å². The third kappa shape index (κ3) is 24.4. The molecule has 0 spiro atoms. The highest BCUT2D eigenvalue weighted by molar-refractivity contribution is 5.80. The smallest absolute Gasteiger partial charge is 0.224 e. The first-order valence-corrected chi connectivity index (χ1v) is 19.0. The first-order valence-electron chi connectivity index (χ1n) is 19.0. The van der Waals surface area contributed by atoms with Crippen LogP contribution in [0, 0.1) is 0 Å². The summed E-state index contributed by atoms with van der Waals surface area (Å²) >= 11 is 0. The maximum absolute atomic E-state index is 12.6. The fourth-order valence-corrected chi connectivity index (χ4v) is 6.01. The van der Waals surface area contributed by atoms with Crippen molar-refractivity contribution in [1.82, 2.24) is 9.80 Å². The van der Waals surface area contributed by atoms with Crippen LogP contribution in [0.3, 0.4) is 0 Å². The summed E-state index contributed by atoms with van der Waals surface area (Å²) in [5.41, 5.74) is 0. The quantitative estimate of drug-likeness (QED) is 0.0608. The molecule has 0 bridgehead atoms. The fraction of sp³-hybridized carbons (Fsp3) is 0.846. The number of allylic oxidation sites excluding steroid dienone is 4. The number of rotatable bonds is 30. The lowest BCUT2D eigenvalue weighted by Gasteiger charge is -2.18. The van der Waals surface area contributed by atoms with E-state index in [-0.39, 0.29) is 11.8 Å². The summed E-state index contributed by atoms with van der Waals surface area (Å²) in [6.07, 6.45) is 43.8. The van der Waals surface area contributed by atoms with E-state index < -0.39 is 0 Å². The number of unbranched alkanes of at least 4 members (excludes halogenated alkanes) is 22. The highest BCUT2D eigenvalue weighted by Crippen LogP contribution is 2.15. The van der Waals surface area contributed by atoms with Crippen LogP contribution in [-0.2, 0) is 9.59 Å². The number of nitrogens with zero attached hydrogens (tertiary/aromatic N) is 2. The van der Waals surface area contributed by atoms with Gasteiger partial charge in [0.05, 0.1) is 6.67 Å². The molecule has 0 aromatic rings. The van der Waals surface area contributed by atoms with E-state index in [1.54, 1.807) is 0 Å². The van der Waals surface area contributed by atoms with Crippen molar-refractivity contribution < 1.29 is 9.59 Å². The average molecular weight is 601 g/mol. The van der Waals surface area contributed by atoms with Gasteiger partial charge in [-0.1, -0.05) is 141 Å². The Morgan fingerprint density at radius 2 is 0.698 bits per heavy atom. The molecule has 1 saturated heterocycles. The normalized spacial score (nSPS) is 13.7. The summed E-state index contributed by atoms with van der Waals surface area (Å²) in [7, 11) is 0. The summed E-state index contributed by atoms with van der Waals surface area (Å²) in [5, 5.41) is 0. The van der Waals surface area contributed by atoms with Crippen LogP contribution in [-0.4, -0.2) is 41.4 Å². The van der Waals surface area contributed by atoms with Crippen molar-refractivity contribution in [2.24, 2.45) is 0 Å². The lowest BCUT2D eigenvalue weighted by atomic mass is 10.1. The van der Waals surface area contributed by atoms with E-state index in [1.165, 1.54) is 141 Å². The third-order valence-corrected chi connectivity index (χ3v) is 8.99. The Morgan fingerprint density at radius 1 is 0.419 bits per heavy atom. The zero-order valence-corrected chi connectivity index (χ0v) is 28.9. The van der Waals surface area contributed by atoms with Crippen LogP contribution in [0.15, 0.2) is 24.3 Å². The van der Waals surface area contributed by atoms with Crippen molar-refractivity contribution in [2.75, 3.05) is 19.8 Å². The summed E-state index contributed by atoms with van der Waals surface area (Å²) < 4.78 is 0. The molecule has 0 unspecified atom stereocenters. The summed E-state index contributed by atoms with van der Waals surface area (Å²) in [6.45, 7) is 6.47. The predicted octanol–water partition coefficient (Wildman–Crippen LogP) is 11.7. The van der Waals surface area contributed by atoms with E-state index in [9.17, 15) is 9.59 Å². The Kier molecular flexibility index (Phi) is 27.9. The molecule has 4 heteroatoms.